The second-order valence-electron chi connectivity index (χ2n) is 5.43. The Morgan fingerprint density at radius 2 is 2.09 bits per heavy atom. The number of non-ortho nitro benzene ring substituents is 1. The fourth-order valence-electron chi connectivity index (χ4n) is 2.15. The van der Waals surface area contributed by atoms with Gasteiger partial charge in [0.2, 0.25) is 5.91 Å². The maximum absolute atomic E-state index is 12.1. The lowest BCUT2D eigenvalue weighted by Crippen LogP contribution is -2.29. The Morgan fingerprint density at radius 1 is 1.30 bits per heavy atom. The molecule has 0 spiro atoms. The van der Waals surface area contributed by atoms with E-state index < -0.39 is 4.92 Å². The zero-order valence-electron chi connectivity index (χ0n) is 12.9. The number of benzene rings is 1. The standard InChI is InChI=1S/C17H18N2O3S/c1-12(2)17(15-7-4-10-23-15)18-16(20)9-8-13-5-3-6-14(11-13)19(21)22/h3-12,17H,1-2H3,(H,18,20)/b9-8+/t17-/m1/s1. The Morgan fingerprint density at radius 3 is 2.70 bits per heavy atom. The van der Waals surface area contributed by atoms with E-state index in [1.807, 2.05) is 17.5 Å². The first-order chi connectivity index (χ1) is 11.0. The molecule has 0 bridgehead atoms. The SMILES string of the molecule is CC(C)[C@@H](NC(=O)/C=C/c1cccc([N+](=O)[O-])c1)c1cccs1. The fourth-order valence-corrected chi connectivity index (χ4v) is 3.10. The normalized spacial score (nSPS) is 12.5. The average molecular weight is 330 g/mol. The fraction of sp³-hybridized carbons (Fsp3) is 0.235. The van der Waals surface area contributed by atoms with Crippen molar-refractivity contribution in [3.63, 3.8) is 0 Å². The number of nitro groups is 1. The molecule has 0 aliphatic rings. The molecule has 1 heterocycles. The molecule has 5 nitrogen and oxygen atoms in total. The van der Waals surface area contributed by atoms with Gasteiger partial charge in [-0.1, -0.05) is 32.0 Å². The number of hydrogen-bond acceptors (Lipinski definition) is 4. The van der Waals surface area contributed by atoms with Crippen LogP contribution in [0.1, 0.15) is 30.3 Å². The van der Waals surface area contributed by atoms with E-state index in [2.05, 4.69) is 19.2 Å². The number of carbonyl (C=O) groups is 1. The minimum atomic E-state index is -0.455. The minimum absolute atomic E-state index is 0.00574. The van der Waals surface area contributed by atoms with Crippen molar-refractivity contribution >= 4 is 29.0 Å². The first-order valence-electron chi connectivity index (χ1n) is 7.24. The summed E-state index contributed by atoms with van der Waals surface area (Å²) in [6.07, 6.45) is 2.98. The van der Waals surface area contributed by atoms with Crippen molar-refractivity contribution in [1.82, 2.24) is 5.32 Å². The molecule has 1 aromatic heterocycles. The summed E-state index contributed by atoms with van der Waals surface area (Å²) in [6, 6.07) is 10.1. The van der Waals surface area contributed by atoms with Crippen LogP contribution in [0.2, 0.25) is 0 Å². The molecule has 1 N–H and O–H groups in total. The molecule has 0 aliphatic heterocycles. The van der Waals surface area contributed by atoms with Gasteiger partial charge in [-0.2, -0.15) is 0 Å². The summed E-state index contributed by atoms with van der Waals surface area (Å²) in [7, 11) is 0. The number of nitro benzene ring substituents is 1. The minimum Gasteiger partial charge on any atom is -0.345 e. The van der Waals surface area contributed by atoms with E-state index in [1.54, 1.807) is 29.5 Å². The molecular weight excluding hydrogens is 312 g/mol. The van der Waals surface area contributed by atoms with Gasteiger partial charge in [-0.15, -0.1) is 11.3 Å². The smallest absolute Gasteiger partial charge is 0.270 e. The lowest BCUT2D eigenvalue weighted by atomic mass is 10.0. The number of carbonyl (C=O) groups excluding carboxylic acids is 1. The van der Waals surface area contributed by atoms with Crippen LogP contribution in [0.4, 0.5) is 5.69 Å². The molecule has 120 valence electrons. The molecule has 2 aromatic rings. The first-order valence-corrected chi connectivity index (χ1v) is 8.12. The van der Waals surface area contributed by atoms with Crippen LogP contribution in [0.15, 0.2) is 47.9 Å². The van der Waals surface area contributed by atoms with Crippen LogP contribution in [0.25, 0.3) is 6.08 Å². The monoisotopic (exact) mass is 330 g/mol. The van der Waals surface area contributed by atoms with E-state index in [0.29, 0.717) is 5.56 Å². The third kappa shape index (κ3) is 4.75. The molecule has 23 heavy (non-hydrogen) atoms. The Labute approximate surface area is 138 Å². The highest BCUT2D eigenvalue weighted by Gasteiger charge is 2.18. The van der Waals surface area contributed by atoms with E-state index in [9.17, 15) is 14.9 Å². The van der Waals surface area contributed by atoms with Gasteiger partial charge in [0.05, 0.1) is 11.0 Å². The summed E-state index contributed by atoms with van der Waals surface area (Å²) >= 11 is 1.61. The predicted octanol–water partition coefficient (Wildman–Crippen LogP) is 4.18. The lowest BCUT2D eigenvalue weighted by molar-refractivity contribution is -0.384. The summed E-state index contributed by atoms with van der Waals surface area (Å²) in [6.45, 7) is 4.10. The van der Waals surface area contributed by atoms with Crippen molar-refractivity contribution < 1.29 is 9.72 Å². The number of rotatable bonds is 6. The van der Waals surface area contributed by atoms with E-state index in [1.165, 1.54) is 18.2 Å². The number of amides is 1. The van der Waals surface area contributed by atoms with E-state index in [-0.39, 0.29) is 23.6 Å². The molecule has 0 fully saturated rings. The summed E-state index contributed by atoms with van der Waals surface area (Å²) < 4.78 is 0. The molecule has 0 saturated carbocycles. The molecule has 1 aromatic carbocycles. The number of nitrogens with one attached hydrogen (secondary N) is 1. The summed E-state index contributed by atoms with van der Waals surface area (Å²) in [5.74, 6) is 0.0485. The molecule has 0 saturated heterocycles. The van der Waals surface area contributed by atoms with Gasteiger partial charge < -0.3 is 5.32 Å². The molecule has 0 radical (unpaired) electrons. The highest BCUT2D eigenvalue weighted by atomic mass is 32.1. The van der Waals surface area contributed by atoms with Crippen LogP contribution >= 0.6 is 11.3 Å². The third-order valence-electron chi connectivity index (χ3n) is 3.32. The maximum Gasteiger partial charge on any atom is 0.270 e. The molecule has 1 amide bonds. The van der Waals surface area contributed by atoms with Crippen molar-refractivity contribution in [2.24, 2.45) is 5.92 Å². The Hall–Kier alpha value is -2.47. The largest absolute Gasteiger partial charge is 0.345 e. The van der Waals surface area contributed by atoms with Crippen molar-refractivity contribution in [2.45, 2.75) is 19.9 Å². The van der Waals surface area contributed by atoms with Crippen molar-refractivity contribution in [3.8, 4) is 0 Å². The van der Waals surface area contributed by atoms with Crippen molar-refractivity contribution in [2.75, 3.05) is 0 Å². The highest BCUT2D eigenvalue weighted by molar-refractivity contribution is 7.10. The molecule has 1 atom stereocenters. The molecular formula is C17H18N2O3S. The van der Waals surface area contributed by atoms with E-state index in [0.717, 1.165) is 4.88 Å². The summed E-state index contributed by atoms with van der Waals surface area (Å²) in [4.78, 5) is 23.5. The quantitative estimate of drug-likeness (QED) is 0.490. The Balaban J connectivity index is 2.06. The lowest BCUT2D eigenvalue weighted by Gasteiger charge is -2.20. The molecule has 0 aliphatic carbocycles. The summed E-state index contributed by atoms with van der Waals surface area (Å²) in [5.41, 5.74) is 0.623. The van der Waals surface area contributed by atoms with Crippen LogP contribution < -0.4 is 5.32 Å². The van der Waals surface area contributed by atoms with Crippen molar-refractivity contribution in [1.29, 1.82) is 0 Å². The van der Waals surface area contributed by atoms with Crippen LogP contribution in [0.5, 0.6) is 0 Å². The van der Waals surface area contributed by atoms with Crippen LogP contribution in [0.3, 0.4) is 0 Å². The van der Waals surface area contributed by atoms with Gasteiger partial charge in [0.1, 0.15) is 0 Å². The summed E-state index contributed by atoms with van der Waals surface area (Å²) in [5, 5.41) is 15.7. The van der Waals surface area contributed by atoms with E-state index >= 15 is 0 Å². The van der Waals surface area contributed by atoms with Gasteiger partial charge in [0.15, 0.2) is 0 Å². The number of thiophene rings is 1. The van der Waals surface area contributed by atoms with Gasteiger partial charge in [-0.05, 0) is 29.0 Å². The zero-order valence-corrected chi connectivity index (χ0v) is 13.7. The first kappa shape index (κ1) is 16.9. The van der Waals surface area contributed by atoms with Crippen molar-refractivity contribution in [3.05, 3.63) is 68.4 Å². The van der Waals surface area contributed by atoms with Gasteiger partial charge in [0, 0.05) is 23.1 Å². The topological polar surface area (TPSA) is 72.2 Å². The molecule has 2 rings (SSSR count). The van der Waals surface area contributed by atoms with E-state index in [4.69, 9.17) is 0 Å². The zero-order chi connectivity index (χ0) is 16.8. The average Bonchev–Trinajstić information content (AvgIpc) is 3.04. The van der Waals surface area contributed by atoms with Gasteiger partial charge in [0.25, 0.3) is 5.69 Å². The van der Waals surface area contributed by atoms with Gasteiger partial charge in [-0.3, -0.25) is 14.9 Å². The molecule has 0 unspecified atom stereocenters. The number of hydrogen-bond donors (Lipinski definition) is 1. The molecule has 6 heteroatoms. The van der Waals surface area contributed by atoms with Crippen LogP contribution in [0, 0.1) is 16.0 Å². The third-order valence-corrected chi connectivity index (χ3v) is 4.28. The van der Waals surface area contributed by atoms with Crippen LogP contribution in [-0.2, 0) is 4.79 Å². The predicted molar refractivity (Wildman–Crippen MR) is 92.2 cm³/mol. The Bertz CT molecular complexity index is 708. The maximum atomic E-state index is 12.1. The van der Waals surface area contributed by atoms with Crippen LogP contribution in [-0.4, -0.2) is 10.8 Å². The van der Waals surface area contributed by atoms with Gasteiger partial charge in [-0.25, -0.2) is 0 Å². The Kier molecular flexibility index (Phi) is 5.65. The highest BCUT2D eigenvalue weighted by Crippen LogP contribution is 2.25. The number of nitrogens with zero attached hydrogens (tertiary/aromatic N) is 1. The second kappa shape index (κ2) is 7.69. The second-order valence-corrected chi connectivity index (χ2v) is 6.41. The van der Waals surface area contributed by atoms with Gasteiger partial charge >= 0.3 is 0 Å².